The fourth-order valence-electron chi connectivity index (χ4n) is 3.30. The van der Waals surface area contributed by atoms with Gasteiger partial charge in [0.2, 0.25) is 0 Å². The van der Waals surface area contributed by atoms with Crippen LogP contribution in [-0.2, 0) is 13.6 Å². The van der Waals surface area contributed by atoms with Crippen molar-refractivity contribution >= 4 is 28.6 Å². The number of nitrogens with zero attached hydrogens (tertiary/aromatic N) is 4. The number of hydrogen-bond donors (Lipinski definition) is 1. The molecule has 31 heavy (non-hydrogen) atoms. The summed E-state index contributed by atoms with van der Waals surface area (Å²) in [4.78, 5) is 25.6. The van der Waals surface area contributed by atoms with Crippen LogP contribution in [0.5, 0.6) is 5.88 Å². The summed E-state index contributed by atoms with van der Waals surface area (Å²) in [6.45, 7) is 0.744. The molecule has 0 atom stereocenters. The van der Waals surface area contributed by atoms with Crippen molar-refractivity contribution in [2.75, 3.05) is 12.9 Å². The lowest BCUT2D eigenvalue weighted by atomic mass is 10.1. The predicted octanol–water partition coefficient (Wildman–Crippen LogP) is 2.40. The zero-order valence-corrected chi connectivity index (χ0v) is 18.0. The predicted molar refractivity (Wildman–Crippen MR) is 118 cm³/mol. The molecule has 0 saturated heterocycles. The number of thioether (sulfide) groups is 1. The molecule has 2 heterocycles. The number of rotatable bonds is 7. The molecule has 2 aromatic heterocycles. The highest BCUT2D eigenvalue weighted by Gasteiger charge is 2.43. The molecule has 1 aliphatic carbocycles. The van der Waals surface area contributed by atoms with Crippen LogP contribution in [0.2, 0.25) is 0 Å². The Morgan fingerprint density at radius 1 is 1.35 bits per heavy atom. The van der Waals surface area contributed by atoms with Crippen molar-refractivity contribution in [2.24, 2.45) is 7.05 Å². The number of aromatic nitrogens is 3. The minimum absolute atomic E-state index is 0.0189. The average Bonchev–Trinajstić information content (AvgIpc) is 3.59. The Hall–Kier alpha value is -3.38. The van der Waals surface area contributed by atoms with E-state index in [0.717, 1.165) is 18.4 Å². The molecule has 0 bridgehead atoms. The third-order valence-corrected chi connectivity index (χ3v) is 6.88. The van der Waals surface area contributed by atoms with Crippen LogP contribution in [0.25, 0.3) is 10.9 Å². The van der Waals surface area contributed by atoms with E-state index in [0.29, 0.717) is 29.0 Å². The van der Waals surface area contributed by atoms with Crippen molar-refractivity contribution in [3.63, 3.8) is 0 Å². The highest BCUT2D eigenvalue weighted by atomic mass is 32.2. The fraction of sp³-hybridized carbons (Fsp3) is 0.318. The summed E-state index contributed by atoms with van der Waals surface area (Å²) < 4.78 is 7.42. The van der Waals surface area contributed by atoms with Gasteiger partial charge in [0.1, 0.15) is 17.7 Å². The van der Waals surface area contributed by atoms with Gasteiger partial charge >= 0.3 is 0 Å². The standard InChI is InChI=1S/C22H21N5O3S/c1-27-18-16(12-25-26-20(18)30-13-22(31-2)7-8-22)9-17(21(27)29)19(28)24-11-15-5-3-14(10-23)4-6-15/h3-6,9,12H,7-8,11,13H2,1-2H3,(H,24,28). The van der Waals surface area contributed by atoms with Crippen LogP contribution in [0.3, 0.4) is 0 Å². The van der Waals surface area contributed by atoms with Crippen LogP contribution in [0.4, 0.5) is 0 Å². The molecular weight excluding hydrogens is 414 g/mol. The van der Waals surface area contributed by atoms with Gasteiger partial charge in [-0.25, -0.2) is 0 Å². The van der Waals surface area contributed by atoms with Crippen molar-refractivity contribution in [3.8, 4) is 11.9 Å². The number of pyridine rings is 1. The van der Waals surface area contributed by atoms with Gasteiger partial charge < -0.3 is 14.6 Å². The van der Waals surface area contributed by atoms with E-state index < -0.39 is 11.5 Å². The number of amides is 1. The number of ether oxygens (including phenoxy) is 1. The highest BCUT2D eigenvalue weighted by Crippen LogP contribution is 2.47. The van der Waals surface area contributed by atoms with Gasteiger partial charge in [-0.1, -0.05) is 12.1 Å². The van der Waals surface area contributed by atoms with Gasteiger partial charge in [0.15, 0.2) is 0 Å². The average molecular weight is 436 g/mol. The topological polar surface area (TPSA) is 110 Å². The monoisotopic (exact) mass is 435 g/mol. The fourth-order valence-corrected chi connectivity index (χ4v) is 3.99. The second-order valence-corrected chi connectivity index (χ2v) is 8.82. The maximum atomic E-state index is 12.9. The van der Waals surface area contributed by atoms with E-state index in [1.807, 2.05) is 0 Å². The van der Waals surface area contributed by atoms with Crippen molar-refractivity contribution in [1.82, 2.24) is 20.1 Å². The van der Waals surface area contributed by atoms with Gasteiger partial charge in [0.25, 0.3) is 17.3 Å². The van der Waals surface area contributed by atoms with E-state index in [1.165, 1.54) is 16.8 Å². The van der Waals surface area contributed by atoms with Crippen LogP contribution >= 0.6 is 11.8 Å². The van der Waals surface area contributed by atoms with Crippen LogP contribution in [0.1, 0.15) is 34.3 Å². The SMILES string of the molecule is CSC1(COc2nncc3cc(C(=O)NCc4ccc(C#N)cc4)c(=O)n(C)c23)CC1. The summed E-state index contributed by atoms with van der Waals surface area (Å²) in [5.74, 6) is -0.188. The van der Waals surface area contributed by atoms with Crippen LogP contribution in [-0.4, -0.2) is 38.3 Å². The number of nitrogens with one attached hydrogen (secondary N) is 1. The Kier molecular flexibility index (Phi) is 5.65. The number of hydrogen-bond acceptors (Lipinski definition) is 7. The smallest absolute Gasteiger partial charge is 0.263 e. The second kappa shape index (κ2) is 8.40. The number of benzene rings is 1. The van der Waals surface area contributed by atoms with Crippen LogP contribution < -0.4 is 15.6 Å². The minimum atomic E-state index is -0.481. The van der Waals surface area contributed by atoms with E-state index in [2.05, 4.69) is 27.8 Å². The number of aryl methyl sites for hydroxylation is 1. The minimum Gasteiger partial charge on any atom is -0.474 e. The number of carbonyl (C=O) groups excluding carboxylic acids is 1. The van der Waals surface area contributed by atoms with E-state index in [4.69, 9.17) is 10.00 Å². The summed E-state index contributed by atoms with van der Waals surface area (Å²) in [6.07, 6.45) is 5.76. The van der Waals surface area contributed by atoms with Crippen LogP contribution in [0, 0.1) is 11.3 Å². The first-order chi connectivity index (χ1) is 15.0. The lowest BCUT2D eigenvalue weighted by Crippen LogP contribution is -2.32. The van der Waals surface area contributed by atoms with E-state index in [1.54, 1.807) is 43.1 Å². The molecule has 158 valence electrons. The Labute approximate surface area is 183 Å². The molecular formula is C22H21N5O3S. The van der Waals surface area contributed by atoms with E-state index >= 15 is 0 Å². The third kappa shape index (κ3) is 4.25. The Bertz CT molecular complexity index is 1240. The van der Waals surface area contributed by atoms with Crippen LogP contribution in [0.15, 0.2) is 41.3 Å². The molecule has 1 aliphatic rings. The van der Waals surface area contributed by atoms with Gasteiger partial charge in [-0.2, -0.15) is 22.1 Å². The van der Waals surface area contributed by atoms with Crippen molar-refractivity contribution in [3.05, 3.63) is 63.6 Å². The highest BCUT2D eigenvalue weighted by molar-refractivity contribution is 8.00. The molecule has 1 fully saturated rings. The Morgan fingerprint density at radius 3 is 2.74 bits per heavy atom. The normalized spacial score (nSPS) is 14.1. The first-order valence-corrected chi connectivity index (χ1v) is 11.0. The third-order valence-electron chi connectivity index (χ3n) is 5.49. The summed E-state index contributed by atoms with van der Waals surface area (Å²) in [5, 5.41) is 20.3. The number of nitriles is 1. The van der Waals surface area contributed by atoms with Crippen molar-refractivity contribution in [2.45, 2.75) is 24.1 Å². The van der Waals surface area contributed by atoms with Crippen molar-refractivity contribution in [1.29, 1.82) is 5.26 Å². The molecule has 3 aromatic rings. The van der Waals surface area contributed by atoms with Gasteiger partial charge in [-0.15, -0.1) is 5.10 Å². The molecule has 0 unspecified atom stereocenters. The lowest BCUT2D eigenvalue weighted by Gasteiger charge is -2.15. The number of carbonyl (C=O) groups is 1. The zero-order valence-electron chi connectivity index (χ0n) is 17.2. The van der Waals surface area contributed by atoms with Gasteiger partial charge in [-0.3, -0.25) is 9.59 Å². The summed E-state index contributed by atoms with van der Waals surface area (Å²) in [6, 6.07) is 10.5. The molecule has 9 heteroatoms. The Morgan fingerprint density at radius 2 is 2.10 bits per heavy atom. The maximum absolute atomic E-state index is 12.9. The molecule has 0 aliphatic heterocycles. The molecule has 1 N–H and O–H groups in total. The maximum Gasteiger partial charge on any atom is 0.263 e. The Balaban J connectivity index is 1.57. The first-order valence-electron chi connectivity index (χ1n) is 9.77. The molecule has 8 nitrogen and oxygen atoms in total. The van der Waals surface area contributed by atoms with Crippen molar-refractivity contribution < 1.29 is 9.53 Å². The largest absolute Gasteiger partial charge is 0.474 e. The van der Waals surface area contributed by atoms with Gasteiger partial charge in [-0.05, 0) is 42.9 Å². The molecule has 4 rings (SSSR count). The lowest BCUT2D eigenvalue weighted by molar-refractivity contribution is 0.0949. The van der Waals surface area contributed by atoms with E-state index in [-0.39, 0.29) is 16.9 Å². The second-order valence-electron chi connectivity index (χ2n) is 7.54. The summed E-state index contributed by atoms with van der Waals surface area (Å²) in [7, 11) is 1.60. The molecule has 0 spiro atoms. The summed E-state index contributed by atoms with van der Waals surface area (Å²) >= 11 is 1.77. The van der Waals surface area contributed by atoms with Gasteiger partial charge in [0, 0.05) is 23.7 Å². The molecule has 1 amide bonds. The molecule has 1 aromatic carbocycles. The molecule has 1 saturated carbocycles. The summed E-state index contributed by atoms with van der Waals surface area (Å²) in [5.41, 5.74) is 1.47. The number of fused-ring (bicyclic) bond motifs is 1. The van der Waals surface area contributed by atoms with Gasteiger partial charge in [0.05, 0.1) is 17.8 Å². The quantitative estimate of drug-likeness (QED) is 0.607. The molecule has 0 radical (unpaired) electrons. The van der Waals surface area contributed by atoms with E-state index in [9.17, 15) is 9.59 Å². The first kappa shape index (κ1) is 20.9. The zero-order chi connectivity index (χ0) is 22.0.